The molecule has 0 saturated carbocycles. The predicted octanol–water partition coefficient (Wildman–Crippen LogP) is 4.28. The van der Waals surface area contributed by atoms with E-state index >= 15 is 0 Å². The first-order valence-electron chi connectivity index (χ1n) is 9.61. The summed E-state index contributed by atoms with van der Waals surface area (Å²) in [6, 6.07) is 4.19. The summed E-state index contributed by atoms with van der Waals surface area (Å²) < 4.78 is 5.44. The lowest BCUT2D eigenvalue weighted by Gasteiger charge is -2.31. The average molecular weight is 428 g/mol. The molecule has 0 spiro atoms. The number of nitriles is 1. The number of amides is 2. The number of fused-ring (bicyclic) bond motifs is 1. The van der Waals surface area contributed by atoms with Crippen molar-refractivity contribution in [3.05, 3.63) is 44.5 Å². The molecule has 1 aliphatic heterocycles. The van der Waals surface area contributed by atoms with E-state index in [1.54, 1.807) is 22.3 Å². The monoisotopic (exact) mass is 427 g/mol. The number of nitrogens with one attached hydrogen (secondary N) is 1. The van der Waals surface area contributed by atoms with Gasteiger partial charge in [0.05, 0.1) is 12.2 Å². The third kappa shape index (κ3) is 4.52. The number of ether oxygens (including phenoxy) is 1. The van der Waals surface area contributed by atoms with Crippen LogP contribution < -0.4 is 5.32 Å². The molecule has 2 amide bonds. The van der Waals surface area contributed by atoms with Gasteiger partial charge in [-0.05, 0) is 65.6 Å². The van der Waals surface area contributed by atoms with E-state index in [0.717, 1.165) is 54.8 Å². The predicted molar refractivity (Wildman–Crippen MR) is 114 cm³/mol. The average Bonchev–Trinajstić information content (AvgIpc) is 3.30. The van der Waals surface area contributed by atoms with Crippen molar-refractivity contribution in [2.75, 3.05) is 25.0 Å². The summed E-state index contributed by atoms with van der Waals surface area (Å²) in [6.45, 7) is 1.97. The minimum absolute atomic E-state index is 0.226. The van der Waals surface area contributed by atoms with Crippen LogP contribution in [0.1, 0.15) is 34.4 Å². The van der Waals surface area contributed by atoms with Crippen molar-refractivity contribution in [2.45, 2.75) is 25.7 Å². The van der Waals surface area contributed by atoms with Crippen LogP contribution in [0.25, 0.3) is 6.08 Å². The molecule has 1 saturated heterocycles. The summed E-state index contributed by atoms with van der Waals surface area (Å²) in [5.74, 6) is 0.00582. The molecule has 0 aromatic carbocycles. The number of likely N-dealkylation sites (tertiary alicyclic amines) is 1. The van der Waals surface area contributed by atoms with Crippen LogP contribution in [0.3, 0.4) is 0 Å². The number of anilines is 1. The van der Waals surface area contributed by atoms with E-state index in [2.05, 4.69) is 11.4 Å². The second-order valence-electron chi connectivity index (χ2n) is 7.23. The Morgan fingerprint density at radius 2 is 2.28 bits per heavy atom. The maximum Gasteiger partial charge on any atom is 0.409 e. The highest BCUT2D eigenvalue weighted by Gasteiger charge is 2.28. The summed E-state index contributed by atoms with van der Waals surface area (Å²) >= 11 is 3.03. The molecule has 2 aromatic rings. The van der Waals surface area contributed by atoms with Gasteiger partial charge < -0.3 is 15.0 Å². The number of rotatable bonds is 5. The summed E-state index contributed by atoms with van der Waals surface area (Å²) in [7, 11) is 0. The highest BCUT2D eigenvalue weighted by molar-refractivity contribution is 7.16. The molecule has 29 heavy (non-hydrogen) atoms. The lowest BCUT2D eigenvalue weighted by atomic mass is 9.88. The Kier molecular flexibility index (Phi) is 5.97. The molecule has 0 radical (unpaired) electrons. The zero-order valence-electron chi connectivity index (χ0n) is 15.8. The van der Waals surface area contributed by atoms with Crippen LogP contribution in [0.15, 0.2) is 22.9 Å². The Balaban J connectivity index is 1.38. The van der Waals surface area contributed by atoms with Crippen LogP contribution in [0.5, 0.6) is 0 Å². The van der Waals surface area contributed by atoms with Crippen LogP contribution in [0.4, 0.5) is 9.80 Å². The number of carbonyl (C=O) groups is 2. The van der Waals surface area contributed by atoms with Crippen molar-refractivity contribution in [3.63, 3.8) is 0 Å². The fourth-order valence-electron chi connectivity index (χ4n) is 3.48. The third-order valence-corrected chi connectivity index (χ3v) is 7.11. The molecule has 1 unspecified atom stereocenters. The topological polar surface area (TPSA) is 82.4 Å². The van der Waals surface area contributed by atoms with Crippen LogP contribution in [-0.2, 0) is 22.4 Å². The standard InChI is InChI=1S/C21H21N3O3S2/c22-11-17-16-4-2-15(12-27-21(26)24-7-1-8-24)10-18(16)29-20(17)23-19(25)5-3-14-6-9-28-13-14/h3,5-6,9,13,15H,1-2,4,7-8,10,12H2,(H,23,25). The van der Waals surface area contributed by atoms with E-state index < -0.39 is 0 Å². The van der Waals surface area contributed by atoms with E-state index in [-0.39, 0.29) is 17.9 Å². The Bertz CT molecular complexity index is 968. The van der Waals surface area contributed by atoms with E-state index in [1.807, 2.05) is 16.8 Å². The number of carbonyl (C=O) groups excluding carboxylic acids is 2. The molecule has 1 N–H and O–H groups in total. The van der Waals surface area contributed by atoms with E-state index in [9.17, 15) is 14.9 Å². The van der Waals surface area contributed by atoms with E-state index in [1.165, 1.54) is 17.4 Å². The number of hydrogen-bond acceptors (Lipinski definition) is 6. The van der Waals surface area contributed by atoms with Crippen LogP contribution in [0, 0.1) is 17.2 Å². The van der Waals surface area contributed by atoms with Gasteiger partial charge in [-0.2, -0.15) is 16.6 Å². The summed E-state index contributed by atoms with van der Waals surface area (Å²) in [5.41, 5.74) is 2.57. The molecule has 8 heteroatoms. The van der Waals surface area contributed by atoms with Gasteiger partial charge in [0.15, 0.2) is 0 Å². The molecule has 3 heterocycles. The van der Waals surface area contributed by atoms with Gasteiger partial charge in [-0.1, -0.05) is 0 Å². The van der Waals surface area contributed by atoms with Gasteiger partial charge in [-0.3, -0.25) is 4.79 Å². The number of nitrogens with zero attached hydrogens (tertiary/aromatic N) is 2. The Labute approximate surface area is 177 Å². The molecule has 0 bridgehead atoms. The minimum Gasteiger partial charge on any atom is -0.449 e. The molecule has 1 aliphatic carbocycles. The molecule has 1 atom stereocenters. The highest BCUT2D eigenvalue weighted by atomic mass is 32.1. The number of hydrogen-bond donors (Lipinski definition) is 1. The molecule has 150 valence electrons. The second kappa shape index (κ2) is 8.80. The maximum absolute atomic E-state index is 12.3. The van der Waals surface area contributed by atoms with Crippen molar-refractivity contribution in [3.8, 4) is 6.07 Å². The van der Waals surface area contributed by atoms with Gasteiger partial charge in [0.2, 0.25) is 5.91 Å². The Hall–Kier alpha value is -2.63. The van der Waals surface area contributed by atoms with Gasteiger partial charge >= 0.3 is 6.09 Å². The van der Waals surface area contributed by atoms with E-state index in [4.69, 9.17) is 4.74 Å². The van der Waals surface area contributed by atoms with Crippen molar-refractivity contribution in [2.24, 2.45) is 5.92 Å². The van der Waals surface area contributed by atoms with Gasteiger partial charge in [0.1, 0.15) is 11.1 Å². The second-order valence-corrected chi connectivity index (χ2v) is 9.11. The smallest absolute Gasteiger partial charge is 0.409 e. The van der Waals surface area contributed by atoms with Crippen molar-refractivity contribution >= 4 is 45.8 Å². The Morgan fingerprint density at radius 1 is 1.41 bits per heavy atom. The summed E-state index contributed by atoms with van der Waals surface area (Å²) in [5, 5.41) is 17.0. The van der Waals surface area contributed by atoms with Gasteiger partial charge in [-0.25, -0.2) is 4.79 Å². The first kappa shape index (κ1) is 19.7. The molecule has 6 nitrogen and oxygen atoms in total. The van der Waals surface area contributed by atoms with Crippen molar-refractivity contribution < 1.29 is 14.3 Å². The van der Waals surface area contributed by atoms with Crippen molar-refractivity contribution in [1.29, 1.82) is 5.26 Å². The maximum atomic E-state index is 12.3. The fraction of sp³-hybridized carbons (Fsp3) is 0.381. The molecule has 2 aromatic heterocycles. The Morgan fingerprint density at radius 3 is 2.97 bits per heavy atom. The molecular formula is C21H21N3O3S2. The molecular weight excluding hydrogens is 406 g/mol. The lowest BCUT2D eigenvalue weighted by molar-refractivity contribution is -0.111. The third-order valence-electron chi connectivity index (χ3n) is 5.24. The zero-order valence-corrected chi connectivity index (χ0v) is 17.5. The zero-order chi connectivity index (χ0) is 20.2. The van der Waals surface area contributed by atoms with Gasteiger partial charge in [0.25, 0.3) is 0 Å². The molecule has 4 rings (SSSR count). The minimum atomic E-state index is -0.244. The highest BCUT2D eigenvalue weighted by Crippen LogP contribution is 2.39. The first-order valence-corrected chi connectivity index (χ1v) is 11.4. The van der Waals surface area contributed by atoms with Gasteiger partial charge in [0, 0.05) is 24.0 Å². The largest absolute Gasteiger partial charge is 0.449 e. The van der Waals surface area contributed by atoms with Gasteiger partial charge in [-0.15, -0.1) is 11.3 Å². The van der Waals surface area contributed by atoms with Crippen LogP contribution in [-0.4, -0.2) is 36.6 Å². The SMILES string of the molecule is N#Cc1c(NC(=O)C=Cc2ccsc2)sc2c1CCC(COC(=O)N1CCC1)C2. The van der Waals surface area contributed by atoms with E-state index in [0.29, 0.717) is 17.2 Å². The summed E-state index contributed by atoms with van der Waals surface area (Å²) in [6.07, 6.45) is 6.47. The molecule has 1 fully saturated rings. The fourth-order valence-corrected chi connectivity index (χ4v) is 5.42. The van der Waals surface area contributed by atoms with Crippen molar-refractivity contribution in [1.82, 2.24) is 4.90 Å². The summed E-state index contributed by atoms with van der Waals surface area (Å²) in [4.78, 5) is 27.0. The lowest BCUT2D eigenvalue weighted by Crippen LogP contribution is -2.43. The number of thiophene rings is 2. The van der Waals surface area contributed by atoms with Crippen LogP contribution in [0.2, 0.25) is 0 Å². The molecule has 2 aliphatic rings. The normalized spacial score (nSPS) is 18.0. The van der Waals surface area contributed by atoms with Crippen LogP contribution >= 0.6 is 22.7 Å². The first-order chi connectivity index (χ1) is 14.1. The quantitative estimate of drug-likeness (QED) is 0.722.